The zero-order valence-corrected chi connectivity index (χ0v) is 12.0. The topological polar surface area (TPSA) is 29.5 Å². The molecule has 1 amide bonds. The quantitative estimate of drug-likeness (QED) is 0.772. The molecular formula is C16H22NO2. The van der Waals surface area contributed by atoms with Crippen LogP contribution in [0.5, 0.6) is 0 Å². The van der Waals surface area contributed by atoms with Crippen LogP contribution in [0.4, 0.5) is 4.79 Å². The van der Waals surface area contributed by atoms with Gasteiger partial charge in [0.15, 0.2) is 0 Å². The highest BCUT2D eigenvalue weighted by molar-refractivity contribution is 5.68. The fourth-order valence-corrected chi connectivity index (χ4v) is 2.39. The van der Waals surface area contributed by atoms with Crippen LogP contribution in [0.25, 0.3) is 0 Å². The second kappa shape index (κ2) is 5.64. The van der Waals surface area contributed by atoms with Crippen LogP contribution in [-0.4, -0.2) is 29.7 Å². The molecule has 0 bridgehead atoms. The maximum absolute atomic E-state index is 12.0. The number of nitrogens with zero attached hydrogens (tertiary/aromatic N) is 1. The van der Waals surface area contributed by atoms with Crippen molar-refractivity contribution in [2.75, 3.05) is 13.1 Å². The Labute approximate surface area is 115 Å². The van der Waals surface area contributed by atoms with E-state index in [9.17, 15) is 4.79 Å². The number of rotatable bonds is 1. The first-order chi connectivity index (χ1) is 8.96. The van der Waals surface area contributed by atoms with Crippen LogP contribution in [0.2, 0.25) is 0 Å². The molecule has 1 aliphatic heterocycles. The molecule has 1 aliphatic rings. The monoisotopic (exact) mass is 260 g/mol. The van der Waals surface area contributed by atoms with E-state index >= 15 is 0 Å². The van der Waals surface area contributed by atoms with Gasteiger partial charge in [-0.2, -0.15) is 0 Å². The first-order valence-electron chi connectivity index (χ1n) is 6.89. The average Bonchev–Trinajstić information content (AvgIpc) is 2.38. The Hall–Kier alpha value is -1.51. The summed E-state index contributed by atoms with van der Waals surface area (Å²) in [5, 5.41) is 0. The lowest BCUT2D eigenvalue weighted by atomic mass is 9.90. The van der Waals surface area contributed by atoms with Crippen molar-refractivity contribution in [2.24, 2.45) is 0 Å². The van der Waals surface area contributed by atoms with E-state index in [1.807, 2.05) is 37.8 Å². The van der Waals surface area contributed by atoms with Crippen LogP contribution in [0, 0.1) is 6.07 Å². The average molecular weight is 260 g/mol. The molecule has 0 N–H and O–H groups in total. The zero-order valence-electron chi connectivity index (χ0n) is 12.0. The predicted octanol–water partition coefficient (Wildman–Crippen LogP) is 3.60. The minimum Gasteiger partial charge on any atom is -0.444 e. The lowest BCUT2D eigenvalue weighted by Gasteiger charge is -2.33. The van der Waals surface area contributed by atoms with Crippen molar-refractivity contribution in [3.63, 3.8) is 0 Å². The summed E-state index contributed by atoms with van der Waals surface area (Å²) in [7, 11) is 0. The summed E-state index contributed by atoms with van der Waals surface area (Å²) in [5.74, 6) is 0.549. The van der Waals surface area contributed by atoms with Crippen LogP contribution < -0.4 is 0 Å². The Morgan fingerprint density at radius 3 is 2.37 bits per heavy atom. The molecule has 1 heterocycles. The smallest absolute Gasteiger partial charge is 0.410 e. The SMILES string of the molecule is CC(C)(C)OC(=O)N1CCC(c2cc[c]cc2)CC1. The van der Waals surface area contributed by atoms with Gasteiger partial charge in [-0.15, -0.1) is 0 Å². The molecule has 3 heteroatoms. The van der Waals surface area contributed by atoms with Gasteiger partial charge in [-0.25, -0.2) is 4.79 Å². The Balaban J connectivity index is 1.88. The molecule has 0 unspecified atom stereocenters. The highest BCUT2D eigenvalue weighted by Gasteiger charge is 2.27. The number of likely N-dealkylation sites (tertiary alicyclic amines) is 1. The summed E-state index contributed by atoms with van der Waals surface area (Å²) >= 11 is 0. The maximum atomic E-state index is 12.0. The molecule has 0 aromatic heterocycles. The van der Waals surface area contributed by atoms with Gasteiger partial charge < -0.3 is 9.64 Å². The Morgan fingerprint density at radius 1 is 1.26 bits per heavy atom. The molecule has 1 radical (unpaired) electrons. The lowest BCUT2D eigenvalue weighted by Crippen LogP contribution is -2.41. The Kier molecular flexibility index (Phi) is 4.13. The molecule has 0 saturated carbocycles. The van der Waals surface area contributed by atoms with Crippen molar-refractivity contribution >= 4 is 6.09 Å². The van der Waals surface area contributed by atoms with Gasteiger partial charge in [0.25, 0.3) is 0 Å². The van der Waals surface area contributed by atoms with Gasteiger partial charge in [0, 0.05) is 13.1 Å². The number of piperidine rings is 1. The predicted molar refractivity (Wildman–Crippen MR) is 75.1 cm³/mol. The second-order valence-electron chi connectivity index (χ2n) is 6.07. The van der Waals surface area contributed by atoms with E-state index < -0.39 is 5.60 Å². The third-order valence-corrected chi connectivity index (χ3v) is 3.36. The summed E-state index contributed by atoms with van der Waals surface area (Å²) in [6, 6.07) is 11.2. The highest BCUT2D eigenvalue weighted by Crippen LogP contribution is 2.28. The third kappa shape index (κ3) is 3.98. The van der Waals surface area contributed by atoms with E-state index in [0.29, 0.717) is 5.92 Å². The van der Waals surface area contributed by atoms with Crippen molar-refractivity contribution in [1.29, 1.82) is 0 Å². The minimum atomic E-state index is -0.413. The third-order valence-electron chi connectivity index (χ3n) is 3.36. The van der Waals surface area contributed by atoms with E-state index in [-0.39, 0.29) is 6.09 Å². The first-order valence-corrected chi connectivity index (χ1v) is 6.89. The van der Waals surface area contributed by atoms with E-state index in [1.54, 1.807) is 0 Å². The molecular weight excluding hydrogens is 238 g/mol. The van der Waals surface area contributed by atoms with Crippen molar-refractivity contribution in [3.8, 4) is 0 Å². The summed E-state index contributed by atoms with van der Waals surface area (Å²) in [4.78, 5) is 13.8. The van der Waals surface area contributed by atoms with Gasteiger partial charge in [-0.1, -0.05) is 24.3 Å². The Bertz CT molecular complexity index is 414. The summed E-state index contributed by atoms with van der Waals surface area (Å²) in [6.07, 6.45) is 1.82. The van der Waals surface area contributed by atoms with Gasteiger partial charge in [-0.05, 0) is 51.2 Å². The van der Waals surface area contributed by atoms with Crippen molar-refractivity contribution in [3.05, 3.63) is 35.9 Å². The van der Waals surface area contributed by atoms with E-state index in [1.165, 1.54) is 5.56 Å². The molecule has 0 atom stereocenters. The highest BCUT2D eigenvalue weighted by atomic mass is 16.6. The van der Waals surface area contributed by atoms with E-state index in [2.05, 4.69) is 18.2 Å². The standard InChI is InChI=1S/C16H22NO2/c1-16(2,3)19-15(18)17-11-9-14(10-12-17)13-7-5-4-6-8-13/h5-8,14H,9-12H2,1-3H3. The molecule has 1 saturated heterocycles. The minimum absolute atomic E-state index is 0.188. The maximum Gasteiger partial charge on any atom is 0.410 e. The zero-order chi connectivity index (χ0) is 13.9. The van der Waals surface area contributed by atoms with Crippen LogP contribution >= 0.6 is 0 Å². The summed E-state index contributed by atoms with van der Waals surface area (Å²) in [6.45, 7) is 7.25. The number of benzene rings is 1. The molecule has 19 heavy (non-hydrogen) atoms. The second-order valence-corrected chi connectivity index (χ2v) is 6.07. The van der Waals surface area contributed by atoms with Crippen molar-refractivity contribution < 1.29 is 9.53 Å². The largest absolute Gasteiger partial charge is 0.444 e. The summed E-state index contributed by atoms with van der Waals surface area (Å²) < 4.78 is 5.40. The number of hydrogen-bond donors (Lipinski definition) is 0. The number of ether oxygens (including phenoxy) is 1. The molecule has 0 aliphatic carbocycles. The summed E-state index contributed by atoms with van der Waals surface area (Å²) in [5.41, 5.74) is 0.936. The van der Waals surface area contributed by atoms with Crippen LogP contribution in [0.1, 0.15) is 45.1 Å². The number of amides is 1. The number of hydrogen-bond acceptors (Lipinski definition) is 2. The van der Waals surface area contributed by atoms with Crippen LogP contribution in [-0.2, 0) is 4.74 Å². The molecule has 103 valence electrons. The molecule has 1 aromatic carbocycles. The fraction of sp³-hybridized carbons (Fsp3) is 0.562. The van der Waals surface area contributed by atoms with Crippen molar-refractivity contribution in [2.45, 2.75) is 45.1 Å². The molecule has 1 aromatic rings. The van der Waals surface area contributed by atoms with Gasteiger partial charge in [0.05, 0.1) is 0 Å². The molecule has 1 fully saturated rings. The number of carbonyl (C=O) groups excluding carboxylic acids is 1. The van der Waals surface area contributed by atoms with Gasteiger partial charge in [-0.3, -0.25) is 0 Å². The molecule has 0 spiro atoms. The fourth-order valence-electron chi connectivity index (χ4n) is 2.39. The van der Waals surface area contributed by atoms with Gasteiger partial charge >= 0.3 is 6.09 Å². The van der Waals surface area contributed by atoms with Crippen LogP contribution in [0.15, 0.2) is 24.3 Å². The molecule has 3 nitrogen and oxygen atoms in total. The molecule has 2 rings (SSSR count). The normalized spacial score (nSPS) is 17.3. The van der Waals surface area contributed by atoms with E-state index in [4.69, 9.17) is 4.74 Å². The number of carbonyl (C=O) groups is 1. The van der Waals surface area contributed by atoms with Crippen LogP contribution in [0.3, 0.4) is 0 Å². The first kappa shape index (κ1) is 13.9. The van der Waals surface area contributed by atoms with Gasteiger partial charge in [0.2, 0.25) is 0 Å². The van der Waals surface area contributed by atoms with Crippen molar-refractivity contribution in [1.82, 2.24) is 4.90 Å². The van der Waals surface area contributed by atoms with E-state index in [0.717, 1.165) is 25.9 Å². The van der Waals surface area contributed by atoms with Gasteiger partial charge in [0.1, 0.15) is 5.60 Å². The Morgan fingerprint density at radius 2 is 1.84 bits per heavy atom. The lowest BCUT2D eigenvalue weighted by molar-refractivity contribution is 0.0205.